The third kappa shape index (κ3) is 4.49. The predicted octanol–water partition coefficient (Wildman–Crippen LogP) is 0.542. The molecule has 0 saturated heterocycles. The van der Waals surface area contributed by atoms with Gasteiger partial charge < -0.3 is 10.4 Å². The Morgan fingerprint density at radius 3 is 2.25 bits per heavy atom. The van der Waals surface area contributed by atoms with Crippen molar-refractivity contribution in [1.29, 1.82) is 0 Å². The van der Waals surface area contributed by atoms with E-state index in [0.717, 1.165) is 0 Å². The van der Waals surface area contributed by atoms with Gasteiger partial charge in [-0.25, -0.2) is 0 Å². The second-order valence-corrected chi connectivity index (χ2v) is 2.64. The van der Waals surface area contributed by atoms with Gasteiger partial charge in [0.1, 0.15) is 6.04 Å². The molecule has 0 fully saturated rings. The van der Waals surface area contributed by atoms with E-state index in [9.17, 15) is 9.59 Å². The Hall–Kier alpha value is -1.32. The SMILES string of the molecule is CC(=O)C=C(C)NC(C)C(=O)O. The molecular formula is C8H13NO3. The zero-order valence-electron chi connectivity index (χ0n) is 7.42. The average molecular weight is 171 g/mol. The van der Waals surface area contributed by atoms with Crippen LogP contribution < -0.4 is 5.32 Å². The number of carbonyl (C=O) groups excluding carboxylic acids is 1. The summed E-state index contributed by atoms with van der Waals surface area (Å²) in [7, 11) is 0. The number of ketones is 1. The summed E-state index contributed by atoms with van der Waals surface area (Å²) in [5.74, 6) is -1.04. The molecule has 4 nitrogen and oxygen atoms in total. The third-order valence-electron chi connectivity index (χ3n) is 1.23. The minimum Gasteiger partial charge on any atom is -0.480 e. The fraction of sp³-hybridized carbons (Fsp3) is 0.500. The van der Waals surface area contributed by atoms with Crippen LogP contribution in [-0.4, -0.2) is 22.9 Å². The van der Waals surface area contributed by atoms with Gasteiger partial charge in [0.05, 0.1) is 0 Å². The highest BCUT2D eigenvalue weighted by atomic mass is 16.4. The predicted molar refractivity (Wildman–Crippen MR) is 44.7 cm³/mol. The lowest BCUT2D eigenvalue weighted by Crippen LogP contribution is -2.32. The number of carboxylic acids is 1. The summed E-state index contributed by atoms with van der Waals surface area (Å²) in [5.41, 5.74) is 0.567. The highest BCUT2D eigenvalue weighted by Gasteiger charge is 2.09. The molecule has 0 amide bonds. The third-order valence-corrected chi connectivity index (χ3v) is 1.23. The first kappa shape index (κ1) is 10.7. The molecule has 0 saturated carbocycles. The van der Waals surface area contributed by atoms with E-state index in [0.29, 0.717) is 5.70 Å². The lowest BCUT2D eigenvalue weighted by atomic mass is 10.3. The highest BCUT2D eigenvalue weighted by Crippen LogP contribution is 1.91. The van der Waals surface area contributed by atoms with E-state index in [1.165, 1.54) is 19.9 Å². The minimum absolute atomic E-state index is 0.0995. The average Bonchev–Trinajstić information content (AvgIpc) is 1.84. The highest BCUT2D eigenvalue weighted by molar-refractivity contribution is 5.87. The maximum absolute atomic E-state index is 10.5. The van der Waals surface area contributed by atoms with Gasteiger partial charge in [0.2, 0.25) is 0 Å². The van der Waals surface area contributed by atoms with Crippen molar-refractivity contribution in [3.63, 3.8) is 0 Å². The van der Waals surface area contributed by atoms with Crippen molar-refractivity contribution in [3.05, 3.63) is 11.8 Å². The number of hydrogen-bond acceptors (Lipinski definition) is 3. The molecule has 0 radical (unpaired) electrons. The molecule has 1 atom stereocenters. The van der Waals surface area contributed by atoms with Gasteiger partial charge in [0.25, 0.3) is 0 Å². The molecule has 0 rings (SSSR count). The molecule has 1 unspecified atom stereocenters. The Morgan fingerprint density at radius 1 is 1.42 bits per heavy atom. The van der Waals surface area contributed by atoms with Crippen LogP contribution in [0.4, 0.5) is 0 Å². The van der Waals surface area contributed by atoms with Crippen LogP contribution in [0.15, 0.2) is 11.8 Å². The van der Waals surface area contributed by atoms with Crippen molar-refractivity contribution >= 4 is 11.8 Å². The number of carboxylic acid groups (broad SMARTS) is 1. The summed E-state index contributed by atoms with van der Waals surface area (Å²) >= 11 is 0. The van der Waals surface area contributed by atoms with Crippen molar-refractivity contribution < 1.29 is 14.7 Å². The van der Waals surface area contributed by atoms with Gasteiger partial charge in [-0.1, -0.05) is 0 Å². The molecule has 0 bridgehead atoms. The van der Waals surface area contributed by atoms with E-state index in [2.05, 4.69) is 5.32 Å². The van der Waals surface area contributed by atoms with Crippen LogP contribution in [0.5, 0.6) is 0 Å². The van der Waals surface area contributed by atoms with E-state index in [1.54, 1.807) is 6.92 Å². The summed E-state index contributed by atoms with van der Waals surface area (Å²) in [6, 6.07) is -0.666. The Bertz CT molecular complexity index is 220. The molecule has 12 heavy (non-hydrogen) atoms. The summed E-state index contributed by atoms with van der Waals surface area (Å²) < 4.78 is 0. The van der Waals surface area contributed by atoms with E-state index in [1.807, 2.05) is 0 Å². The van der Waals surface area contributed by atoms with E-state index >= 15 is 0 Å². The minimum atomic E-state index is -0.939. The monoisotopic (exact) mass is 171 g/mol. The van der Waals surface area contributed by atoms with Gasteiger partial charge in [-0.15, -0.1) is 0 Å². The van der Waals surface area contributed by atoms with Crippen molar-refractivity contribution in [2.45, 2.75) is 26.8 Å². The molecule has 0 aromatic carbocycles. The fourth-order valence-electron chi connectivity index (χ4n) is 0.750. The molecule has 4 heteroatoms. The summed E-state index contributed by atoms with van der Waals surface area (Å²) in [6.45, 7) is 4.58. The largest absolute Gasteiger partial charge is 0.480 e. The van der Waals surface area contributed by atoms with Crippen LogP contribution in [0.2, 0.25) is 0 Å². The molecule has 2 N–H and O–H groups in total. The number of hydrogen-bond donors (Lipinski definition) is 2. The van der Waals surface area contributed by atoms with E-state index in [4.69, 9.17) is 5.11 Å². The van der Waals surface area contributed by atoms with Crippen LogP contribution in [-0.2, 0) is 9.59 Å². The molecule has 0 aliphatic heterocycles. The number of rotatable bonds is 4. The number of allylic oxidation sites excluding steroid dienone is 2. The summed E-state index contributed by atoms with van der Waals surface area (Å²) in [6.07, 6.45) is 1.36. The smallest absolute Gasteiger partial charge is 0.325 e. The number of nitrogens with one attached hydrogen (secondary N) is 1. The second-order valence-electron chi connectivity index (χ2n) is 2.64. The van der Waals surface area contributed by atoms with E-state index < -0.39 is 12.0 Å². The molecule has 0 spiro atoms. The molecule has 0 aliphatic rings. The number of aliphatic carboxylic acids is 1. The van der Waals surface area contributed by atoms with Gasteiger partial charge in [-0.3, -0.25) is 9.59 Å². The molecule has 0 aromatic heterocycles. The van der Waals surface area contributed by atoms with Crippen LogP contribution >= 0.6 is 0 Å². The maximum atomic E-state index is 10.5. The Morgan fingerprint density at radius 2 is 1.92 bits per heavy atom. The van der Waals surface area contributed by atoms with Gasteiger partial charge in [0, 0.05) is 5.70 Å². The van der Waals surface area contributed by atoms with Crippen molar-refractivity contribution in [2.75, 3.05) is 0 Å². The Kier molecular flexibility index (Phi) is 4.04. The standard InChI is InChI=1S/C8H13NO3/c1-5(4-6(2)10)9-7(3)8(11)12/h4,7,9H,1-3H3,(H,11,12). The molecular weight excluding hydrogens is 158 g/mol. The first-order chi connectivity index (χ1) is 5.43. The summed E-state index contributed by atoms with van der Waals surface area (Å²) in [5, 5.41) is 11.1. The normalized spacial score (nSPS) is 13.8. The van der Waals surface area contributed by atoms with Crippen molar-refractivity contribution in [2.24, 2.45) is 0 Å². The zero-order chi connectivity index (χ0) is 9.72. The van der Waals surface area contributed by atoms with Gasteiger partial charge in [-0.05, 0) is 26.8 Å². The van der Waals surface area contributed by atoms with Crippen LogP contribution in [0, 0.1) is 0 Å². The van der Waals surface area contributed by atoms with Gasteiger partial charge in [0.15, 0.2) is 5.78 Å². The molecule has 0 heterocycles. The maximum Gasteiger partial charge on any atom is 0.325 e. The fourth-order valence-corrected chi connectivity index (χ4v) is 0.750. The van der Waals surface area contributed by atoms with Crippen LogP contribution in [0.25, 0.3) is 0 Å². The van der Waals surface area contributed by atoms with Gasteiger partial charge >= 0.3 is 5.97 Å². The second kappa shape index (κ2) is 4.54. The van der Waals surface area contributed by atoms with Crippen LogP contribution in [0.3, 0.4) is 0 Å². The molecule has 68 valence electrons. The first-order valence-electron chi connectivity index (χ1n) is 3.61. The number of carbonyl (C=O) groups is 2. The van der Waals surface area contributed by atoms with Crippen LogP contribution in [0.1, 0.15) is 20.8 Å². The van der Waals surface area contributed by atoms with Crippen molar-refractivity contribution in [1.82, 2.24) is 5.32 Å². The molecule has 0 aliphatic carbocycles. The molecule has 0 aromatic rings. The zero-order valence-corrected chi connectivity index (χ0v) is 7.42. The van der Waals surface area contributed by atoms with Gasteiger partial charge in [-0.2, -0.15) is 0 Å². The van der Waals surface area contributed by atoms with Crippen molar-refractivity contribution in [3.8, 4) is 0 Å². The topological polar surface area (TPSA) is 66.4 Å². The summed E-state index contributed by atoms with van der Waals surface area (Å²) in [4.78, 5) is 20.9. The Labute approximate surface area is 71.3 Å². The lowest BCUT2D eigenvalue weighted by Gasteiger charge is -2.09. The van der Waals surface area contributed by atoms with E-state index in [-0.39, 0.29) is 5.78 Å². The lowest BCUT2D eigenvalue weighted by molar-refractivity contribution is -0.138. The Balaban J connectivity index is 4.09. The first-order valence-corrected chi connectivity index (χ1v) is 3.61. The quantitative estimate of drug-likeness (QED) is 0.606.